The van der Waals surface area contributed by atoms with Crippen LogP contribution >= 0.6 is 31.9 Å². The minimum atomic E-state index is -0.845. The summed E-state index contributed by atoms with van der Waals surface area (Å²) in [4.78, 5) is 59.7. The molecule has 282 valence electrons. The van der Waals surface area contributed by atoms with E-state index in [1.54, 1.807) is 35.2 Å². The Morgan fingerprint density at radius 3 is 1.76 bits per heavy atom. The lowest BCUT2D eigenvalue weighted by molar-refractivity contribution is 0.0905. The quantitative estimate of drug-likeness (QED) is 0.172. The highest BCUT2D eigenvalue weighted by Crippen LogP contribution is 2.34. The number of aromatic nitrogens is 2. The van der Waals surface area contributed by atoms with Gasteiger partial charge >= 0.3 is 12.2 Å². The minimum Gasteiger partial charge on any atom is -0.445 e. The van der Waals surface area contributed by atoms with Crippen LogP contribution in [0.5, 0.6) is 0 Å². The smallest absolute Gasteiger partial charge is 0.410 e. The van der Waals surface area contributed by atoms with Gasteiger partial charge in [0.1, 0.15) is 13.2 Å². The van der Waals surface area contributed by atoms with E-state index in [4.69, 9.17) is 9.47 Å². The average Bonchev–Trinajstić information content (AvgIpc) is 3.90. The molecule has 2 fully saturated rings. The molecule has 0 aliphatic carbocycles. The number of pyridine rings is 2. The summed E-state index contributed by atoms with van der Waals surface area (Å²) in [5, 5.41) is 0.916. The van der Waals surface area contributed by atoms with Crippen LogP contribution in [0.4, 0.5) is 14.0 Å². The summed E-state index contributed by atoms with van der Waals surface area (Å²) < 4.78 is 27.4. The number of benzene rings is 4. The summed E-state index contributed by atoms with van der Waals surface area (Å²) in [7, 11) is 0. The lowest BCUT2D eigenvalue weighted by atomic mass is 10.1. The number of likely N-dealkylation sites (tertiary alicyclic amines) is 2. The van der Waals surface area contributed by atoms with Crippen molar-refractivity contribution in [3.05, 3.63) is 161 Å². The van der Waals surface area contributed by atoms with E-state index in [1.807, 2.05) is 72.8 Å². The number of nitrogens with zero attached hydrogens (tertiary/aromatic N) is 2. The fraction of sp³-hybridized carbons (Fsp3) is 0.238. The predicted molar refractivity (Wildman–Crippen MR) is 215 cm³/mol. The topological polar surface area (TPSA) is 125 Å². The van der Waals surface area contributed by atoms with Crippen molar-refractivity contribution in [3.63, 3.8) is 0 Å². The molecule has 6 aromatic rings. The van der Waals surface area contributed by atoms with E-state index in [-0.39, 0.29) is 41.9 Å². The van der Waals surface area contributed by atoms with Crippen molar-refractivity contribution >= 4 is 65.9 Å². The van der Waals surface area contributed by atoms with Gasteiger partial charge in [-0.1, -0.05) is 92.5 Å². The largest absolute Gasteiger partial charge is 0.445 e. The maximum atomic E-state index is 14.8. The van der Waals surface area contributed by atoms with Crippen LogP contribution < -0.4 is 10.9 Å². The maximum Gasteiger partial charge on any atom is 0.410 e. The summed E-state index contributed by atoms with van der Waals surface area (Å²) in [5.41, 5.74) is 3.28. The first-order valence-corrected chi connectivity index (χ1v) is 19.5. The van der Waals surface area contributed by atoms with Crippen LogP contribution in [0.1, 0.15) is 60.3 Å². The molecule has 2 aliphatic heterocycles. The molecular weight excluding hydrogens is 835 g/mol. The first-order chi connectivity index (χ1) is 26.7. The third kappa shape index (κ3) is 8.68. The van der Waals surface area contributed by atoms with E-state index < -0.39 is 23.4 Å². The molecule has 13 heteroatoms. The standard InChI is InChI=1S/C21H18BrFN2O3.C21H19BrN2O3/c22-14-8-9-15-16(11-14)24-19(18(23)20(15)26)17-7-4-10-25(17)21(27)28-12-13-5-2-1-3-6-13;22-15-8-9-16-17(11-15)23-18(12-20(16)25)19-7-4-10-24(19)21(26)27-13-14-5-2-1-3-6-14/h1-3,5-6,8-9,11,17H,4,7,10,12H2,(H,24,26);1-3,5-6,8-9,11-12,19H,4,7,10,13H2,(H,23,25). The highest BCUT2D eigenvalue weighted by Gasteiger charge is 2.35. The average molecular weight is 873 g/mol. The fourth-order valence-electron chi connectivity index (χ4n) is 7.11. The Kier molecular flexibility index (Phi) is 11.8. The summed E-state index contributed by atoms with van der Waals surface area (Å²) in [6.45, 7) is 1.46. The predicted octanol–water partition coefficient (Wildman–Crippen LogP) is 9.67. The number of nitrogens with one attached hydrogen (secondary N) is 2. The summed E-state index contributed by atoms with van der Waals surface area (Å²) >= 11 is 6.80. The van der Waals surface area contributed by atoms with Crippen molar-refractivity contribution in [2.24, 2.45) is 0 Å². The molecule has 2 unspecified atom stereocenters. The molecule has 2 saturated heterocycles. The molecule has 4 aromatic carbocycles. The highest BCUT2D eigenvalue weighted by atomic mass is 79.9. The first-order valence-electron chi connectivity index (χ1n) is 17.9. The van der Waals surface area contributed by atoms with Crippen LogP contribution in [0.25, 0.3) is 21.8 Å². The van der Waals surface area contributed by atoms with Crippen LogP contribution in [0.15, 0.2) is 122 Å². The van der Waals surface area contributed by atoms with Gasteiger partial charge in [0.15, 0.2) is 11.2 Å². The van der Waals surface area contributed by atoms with Gasteiger partial charge in [-0.25, -0.2) is 14.0 Å². The van der Waals surface area contributed by atoms with E-state index in [0.29, 0.717) is 36.8 Å². The maximum absolute atomic E-state index is 14.8. The fourth-order valence-corrected chi connectivity index (χ4v) is 7.83. The Balaban J connectivity index is 0.000000169. The number of carbonyl (C=O) groups excluding carboxylic acids is 2. The molecule has 2 atom stereocenters. The number of H-pyrrole nitrogens is 2. The van der Waals surface area contributed by atoms with Gasteiger partial charge in [0.05, 0.1) is 28.8 Å². The number of hydrogen-bond acceptors (Lipinski definition) is 6. The van der Waals surface area contributed by atoms with Crippen molar-refractivity contribution in [3.8, 4) is 0 Å². The zero-order chi connectivity index (χ0) is 38.5. The van der Waals surface area contributed by atoms with E-state index in [9.17, 15) is 23.6 Å². The lowest BCUT2D eigenvalue weighted by Gasteiger charge is -2.24. The van der Waals surface area contributed by atoms with E-state index in [2.05, 4.69) is 41.8 Å². The molecule has 8 rings (SSSR count). The monoisotopic (exact) mass is 870 g/mol. The van der Waals surface area contributed by atoms with Gasteiger partial charge in [-0.3, -0.25) is 19.4 Å². The third-order valence-electron chi connectivity index (χ3n) is 9.82. The third-order valence-corrected chi connectivity index (χ3v) is 10.8. The van der Waals surface area contributed by atoms with E-state index in [0.717, 1.165) is 44.1 Å². The number of amides is 2. The molecule has 0 bridgehead atoms. The number of carbonyl (C=O) groups is 2. The molecule has 10 nitrogen and oxygen atoms in total. The zero-order valence-electron chi connectivity index (χ0n) is 29.6. The Morgan fingerprint density at radius 1 is 0.673 bits per heavy atom. The Bertz CT molecular complexity index is 2460. The molecule has 2 aromatic heterocycles. The molecule has 4 heterocycles. The van der Waals surface area contributed by atoms with E-state index >= 15 is 0 Å². The van der Waals surface area contributed by atoms with Crippen molar-refractivity contribution in [1.82, 2.24) is 19.8 Å². The molecule has 2 amide bonds. The van der Waals surface area contributed by atoms with Crippen molar-refractivity contribution in [2.45, 2.75) is 51.0 Å². The molecule has 55 heavy (non-hydrogen) atoms. The SMILES string of the molecule is O=C(OCc1ccccc1)N1CCCC1c1[nH]c2cc(Br)ccc2c(=O)c1F.O=C(OCc1ccccc1)N1CCCC1c1cc(=O)c2ccc(Br)cc2[nH]1. The van der Waals surface area contributed by atoms with Crippen LogP contribution in [-0.4, -0.2) is 45.0 Å². The highest BCUT2D eigenvalue weighted by molar-refractivity contribution is 9.10. The molecular formula is C42H37Br2FN4O6. The molecule has 0 radical (unpaired) electrons. The van der Waals surface area contributed by atoms with Crippen molar-refractivity contribution in [1.29, 1.82) is 0 Å². The number of fused-ring (bicyclic) bond motifs is 2. The van der Waals surface area contributed by atoms with Crippen molar-refractivity contribution < 1.29 is 23.5 Å². The normalized spacial score (nSPS) is 16.6. The van der Waals surface area contributed by atoms with Gasteiger partial charge in [-0.05, 0) is 73.2 Å². The lowest BCUT2D eigenvalue weighted by Crippen LogP contribution is -2.33. The van der Waals surface area contributed by atoms with E-state index in [1.165, 1.54) is 4.90 Å². The summed E-state index contributed by atoms with van der Waals surface area (Å²) in [5.74, 6) is -0.845. The number of halogens is 3. The number of hydrogen-bond donors (Lipinski definition) is 2. The summed E-state index contributed by atoms with van der Waals surface area (Å²) in [6.07, 6.45) is 2.09. The van der Waals surface area contributed by atoms with Gasteiger partial charge in [-0.2, -0.15) is 0 Å². The number of aromatic amines is 2. The number of ether oxygens (including phenoxy) is 2. The van der Waals surface area contributed by atoms with Gasteiger partial charge in [0, 0.05) is 44.6 Å². The summed E-state index contributed by atoms with van der Waals surface area (Å²) in [6, 6.07) is 30.4. The zero-order valence-corrected chi connectivity index (χ0v) is 32.8. The number of rotatable bonds is 6. The van der Waals surface area contributed by atoms with Gasteiger partial charge in [0.25, 0.3) is 0 Å². The Hall–Kier alpha value is -5.27. The minimum absolute atomic E-state index is 0.0456. The molecule has 2 N–H and O–H groups in total. The second-order valence-electron chi connectivity index (χ2n) is 13.4. The van der Waals surface area contributed by atoms with Crippen LogP contribution in [-0.2, 0) is 22.7 Å². The van der Waals surface area contributed by atoms with Crippen LogP contribution in [0.2, 0.25) is 0 Å². The second-order valence-corrected chi connectivity index (χ2v) is 15.3. The van der Waals surface area contributed by atoms with Crippen molar-refractivity contribution in [2.75, 3.05) is 13.1 Å². The van der Waals surface area contributed by atoms with Crippen LogP contribution in [0, 0.1) is 5.82 Å². The molecule has 0 spiro atoms. The van der Waals surface area contributed by atoms with Crippen LogP contribution in [0.3, 0.4) is 0 Å². The first kappa shape index (κ1) is 38.0. The Labute approximate surface area is 332 Å². The molecule has 0 saturated carbocycles. The second kappa shape index (κ2) is 17.0. The van der Waals surface area contributed by atoms with Gasteiger partial charge < -0.3 is 19.4 Å². The van der Waals surface area contributed by atoms with Gasteiger partial charge in [-0.15, -0.1) is 0 Å². The molecule has 2 aliphatic rings. The van der Waals surface area contributed by atoms with Gasteiger partial charge in [0.2, 0.25) is 5.43 Å². The Morgan fingerprint density at radius 2 is 1.18 bits per heavy atom.